The Morgan fingerprint density at radius 3 is 2.67 bits per heavy atom. The van der Waals surface area contributed by atoms with Gasteiger partial charge in [0.15, 0.2) is 0 Å². The molecule has 1 aromatic carbocycles. The Hall–Kier alpha value is -1.56. The van der Waals surface area contributed by atoms with E-state index < -0.39 is 0 Å². The molecule has 0 aliphatic carbocycles. The molecule has 0 radical (unpaired) electrons. The van der Waals surface area contributed by atoms with Gasteiger partial charge in [0.05, 0.1) is 19.3 Å². The lowest BCUT2D eigenvalue weighted by atomic mass is 10.1. The molecule has 1 atom stereocenters. The Kier molecular flexibility index (Phi) is 5.01. The zero-order valence-corrected chi connectivity index (χ0v) is 10.6. The summed E-state index contributed by atoms with van der Waals surface area (Å²) >= 11 is 0. The third-order valence-corrected chi connectivity index (χ3v) is 3.03. The van der Waals surface area contributed by atoms with Gasteiger partial charge in [-0.1, -0.05) is 36.1 Å². The van der Waals surface area contributed by atoms with Gasteiger partial charge >= 0.3 is 0 Å². The lowest BCUT2D eigenvalue weighted by Crippen LogP contribution is -2.42. The standard InChI is InChI=1S/C16H19NO/c1-2-6-16(17-11-13-18-14-12-17)10-9-15-7-4-3-5-8-15/h2-5,7-8,16H,1,6,11-14H2/t16-/m0/s1. The molecule has 18 heavy (non-hydrogen) atoms. The van der Waals surface area contributed by atoms with Gasteiger partial charge in [-0.3, -0.25) is 4.90 Å². The van der Waals surface area contributed by atoms with Gasteiger partial charge in [-0.15, -0.1) is 6.58 Å². The highest BCUT2D eigenvalue weighted by molar-refractivity contribution is 5.35. The molecule has 0 unspecified atom stereocenters. The van der Waals surface area contributed by atoms with Gasteiger partial charge < -0.3 is 4.74 Å². The summed E-state index contributed by atoms with van der Waals surface area (Å²) in [4.78, 5) is 2.38. The second-order valence-electron chi connectivity index (χ2n) is 4.32. The van der Waals surface area contributed by atoms with E-state index in [4.69, 9.17) is 4.74 Å². The second kappa shape index (κ2) is 7.00. The molecule has 1 fully saturated rings. The highest BCUT2D eigenvalue weighted by atomic mass is 16.5. The lowest BCUT2D eigenvalue weighted by molar-refractivity contribution is 0.0278. The number of nitrogens with zero attached hydrogens (tertiary/aromatic N) is 1. The average Bonchev–Trinajstić information content (AvgIpc) is 2.45. The van der Waals surface area contributed by atoms with Crippen LogP contribution in [0.25, 0.3) is 0 Å². The molecule has 2 heteroatoms. The quantitative estimate of drug-likeness (QED) is 0.595. The van der Waals surface area contributed by atoms with Crippen LogP contribution in [0.15, 0.2) is 43.0 Å². The number of hydrogen-bond acceptors (Lipinski definition) is 2. The fourth-order valence-corrected chi connectivity index (χ4v) is 2.03. The van der Waals surface area contributed by atoms with Crippen molar-refractivity contribution in [3.8, 4) is 11.8 Å². The van der Waals surface area contributed by atoms with Crippen LogP contribution in [-0.4, -0.2) is 37.2 Å². The summed E-state index contributed by atoms with van der Waals surface area (Å²) in [7, 11) is 0. The largest absolute Gasteiger partial charge is 0.379 e. The minimum Gasteiger partial charge on any atom is -0.379 e. The number of benzene rings is 1. The van der Waals surface area contributed by atoms with Gasteiger partial charge in [-0.25, -0.2) is 0 Å². The second-order valence-corrected chi connectivity index (χ2v) is 4.32. The van der Waals surface area contributed by atoms with E-state index >= 15 is 0 Å². The molecule has 0 N–H and O–H groups in total. The minimum absolute atomic E-state index is 0.256. The monoisotopic (exact) mass is 241 g/mol. The highest BCUT2D eigenvalue weighted by Crippen LogP contribution is 2.08. The van der Waals surface area contributed by atoms with Gasteiger partial charge in [0.2, 0.25) is 0 Å². The first kappa shape index (κ1) is 12.9. The van der Waals surface area contributed by atoms with E-state index in [1.54, 1.807) is 0 Å². The Morgan fingerprint density at radius 2 is 2.00 bits per heavy atom. The molecular weight excluding hydrogens is 222 g/mol. The average molecular weight is 241 g/mol. The lowest BCUT2D eigenvalue weighted by Gasteiger charge is -2.30. The van der Waals surface area contributed by atoms with Gasteiger partial charge in [-0.2, -0.15) is 0 Å². The maximum Gasteiger partial charge on any atom is 0.0754 e. The van der Waals surface area contributed by atoms with Crippen LogP contribution in [0.3, 0.4) is 0 Å². The van der Waals surface area contributed by atoms with Crippen LogP contribution >= 0.6 is 0 Å². The van der Waals surface area contributed by atoms with Crippen molar-refractivity contribution in [3.05, 3.63) is 48.6 Å². The molecule has 1 heterocycles. The van der Waals surface area contributed by atoms with Crippen molar-refractivity contribution >= 4 is 0 Å². The van der Waals surface area contributed by atoms with E-state index in [0.29, 0.717) is 0 Å². The molecule has 0 bridgehead atoms. The van der Waals surface area contributed by atoms with Crippen LogP contribution in [0.4, 0.5) is 0 Å². The Bertz CT molecular complexity index is 423. The molecule has 0 amide bonds. The van der Waals surface area contributed by atoms with E-state index in [-0.39, 0.29) is 6.04 Å². The summed E-state index contributed by atoms with van der Waals surface area (Å²) in [6, 6.07) is 10.4. The zero-order valence-electron chi connectivity index (χ0n) is 10.6. The van der Waals surface area contributed by atoms with Crippen LogP contribution in [0, 0.1) is 11.8 Å². The zero-order chi connectivity index (χ0) is 12.6. The van der Waals surface area contributed by atoms with E-state index in [1.165, 1.54) is 0 Å². The molecule has 1 aliphatic rings. The van der Waals surface area contributed by atoms with E-state index in [2.05, 4.69) is 23.3 Å². The summed E-state index contributed by atoms with van der Waals surface area (Å²) in [6.45, 7) is 7.36. The first-order chi connectivity index (χ1) is 8.90. The number of morpholine rings is 1. The third kappa shape index (κ3) is 3.73. The van der Waals surface area contributed by atoms with E-state index in [0.717, 1.165) is 38.3 Å². The molecule has 94 valence electrons. The van der Waals surface area contributed by atoms with Crippen molar-refractivity contribution in [1.82, 2.24) is 4.90 Å². The summed E-state index contributed by atoms with van der Waals surface area (Å²) in [5.74, 6) is 6.60. The topological polar surface area (TPSA) is 12.5 Å². The molecule has 1 aliphatic heterocycles. The van der Waals surface area contributed by atoms with Gasteiger partial charge in [0, 0.05) is 18.7 Å². The van der Waals surface area contributed by atoms with Crippen molar-refractivity contribution in [2.24, 2.45) is 0 Å². The molecule has 0 spiro atoms. The third-order valence-electron chi connectivity index (χ3n) is 3.03. The molecule has 1 saturated heterocycles. The van der Waals surface area contributed by atoms with Crippen molar-refractivity contribution < 1.29 is 4.74 Å². The Balaban J connectivity index is 2.06. The molecule has 2 rings (SSSR count). The van der Waals surface area contributed by atoms with Crippen LogP contribution < -0.4 is 0 Å². The SMILES string of the molecule is C=CC[C@@H](C#Cc1ccccc1)N1CCOCC1. The molecule has 1 aromatic rings. The van der Waals surface area contributed by atoms with Crippen molar-refractivity contribution in [2.75, 3.05) is 26.3 Å². The van der Waals surface area contributed by atoms with Gasteiger partial charge in [0.25, 0.3) is 0 Å². The van der Waals surface area contributed by atoms with Gasteiger partial charge in [0.1, 0.15) is 0 Å². The summed E-state index contributed by atoms with van der Waals surface area (Å²) in [5, 5.41) is 0. The maximum absolute atomic E-state index is 5.38. The fraction of sp³-hybridized carbons (Fsp3) is 0.375. The first-order valence-corrected chi connectivity index (χ1v) is 6.39. The van der Waals surface area contributed by atoms with Crippen molar-refractivity contribution in [1.29, 1.82) is 0 Å². The smallest absolute Gasteiger partial charge is 0.0754 e. The van der Waals surface area contributed by atoms with E-state index in [1.807, 2.05) is 36.4 Å². The van der Waals surface area contributed by atoms with Crippen LogP contribution in [0.1, 0.15) is 12.0 Å². The predicted molar refractivity (Wildman–Crippen MR) is 74.3 cm³/mol. The molecule has 2 nitrogen and oxygen atoms in total. The highest BCUT2D eigenvalue weighted by Gasteiger charge is 2.17. The van der Waals surface area contributed by atoms with Crippen LogP contribution in [0.2, 0.25) is 0 Å². The number of rotatable bonds is 3. The van der Waals surface area contributed by atoms with Crippen molar-refractivity contribution in [3.63, 3.8) is 0 Å². The Labute approximate surface area is 109 Å². The predicted octanol–water partition coefficient (Wildman–Crippen LogP) is 2.32. The normalized spacial score (nSPS) is 17.6. The Morgan fingerprint density at radius 1 is 1.28 bits per heavy atom. The number of ether oxygens (including phenoxy) is 1. The fourth-order valence-electron chi connectivity index (χ4n) is 2.03. The van der Waals surface area contributed by atoms with E-state index in [9.17, 15) is 0 Å². The van der Waals surface area contributed by atoms with Crippen molar-refractivity contribution in [2.45, 2.75) is 12.5 Å². The molecule has 0 aromatic heterocycles. The summed E-state index contributed by atoms with van der Waals surface area (Å²) in [6.07, 6.45) is 2.85. The molecule has 0 saturated carbocycles. The minimum atomic E-state index is 0.256. The summed E-state index contributed by atoms with van der Waals surface area (Å²) < 4.78 is 5.38. The summed E-state index contributed by atoms with van der Waals surface area (Å²) in [5.41, 5.74) is 1.07. The first-order valence-electron chi connectivity index (χ1n) is 6.39. The maximum atomic E-state index is 5.38. The van der Waals surface area contributed by atoms with Crippen LogP contribution in [0.5, 0.6) is 0 Å². The molecular formula is C16H19NO. The number of hydrogen-bond donors (Lipinski definition) is 0. The van der Waals surface area contributed by atoms with Gasteiger partial charge in [-0.05, 0) is 18.6 Å². The van der Waals surface area contributed by atoms with Crippen LogP contribution in [-0.2, 0) is 4.74 Å².